The van der Waals surface area contributed by atoms with Crippen LogP contribution < -0.4 is 4.90 Å². The first-order valence-corrected chi connectivity index (χ1v) is 13.2. The van der Waals surface area contributed by atoms with Crippen molar-refractivity contribution in [3.05, 3.63) is 83.0 Å². The van der Waals surface area contributed by atoms with Gasteiger partial charge in [-0.2, -0.15) is 17.5 Å². The lowest BCUT2D eigenvalue weighted by Gasteiger charge is -2.42. The lowest BCUT2D eigenvalue weighted by Crippen LogP contribution is -2.55. The third-order valence-electron chi connectivity index (χ3n) is 6.26. The number of aliphatic hydroxyl groups is 1. The van der Waals surface area contributed by atoms with Crippen LogP contribution in [0.5, 0.6) is 0 Å². The molecule has 5 nitrogen and oxygen atoms in total. The van der Waals surface area contributed by atoms with Gasteiger partial charge in [-0.25, -0.2) is 12.8 Å². The molecule has 1 fully saturated rings. The van der Waals surface area contributed by atoms with E-state index in [4.69, 9.17) is 0 Å². The van der Waals surface area contributed by atoms with E-state index in [0.29, 0.717) is 18.2 Å². The summed E-state index contributed by atoms with van der Waals surface area (Å²) in [6.45, 7) is 1.20. The van der Waals surface area contributed by atoms with E-state index in [2.05, 4.69) is 0 Å². The number of rotatable bonds is 6. The second-order valence-corrected chi connectivity index (χ2v) is 11.7. The van der Waals surface area contributed by atoms with Gasteiger partial charge in [0.25, 0.3) is 10.0 Å². The maximum atomic E-state index is 14.4. The van der Waals surface area contributed by atoms with E-state index in [-0.39, 0.29) is 35.8 Å². The van der Waals surface area contributed by atoms with Crippen LogP contribution >= 0.6 is 11.3 Å². The molecule has 2 atom stereocenters. The van der Waals surface area contributed by atoms with Crippen molar-refractivity contribution in [3.8, 4) is 0 Å². The van der Waals surface area contributed by atoms with E-state index in [9.17, 15) is 31.1 Å². The fourth-order valence-electron chi connectivity index (χ4n) is 4.16. The van der Waals surface area contributed by atoms with Crippen molar-refractivity contribution in [1.29, 1.82) is 0 Å². The van der Waals surface area contributed by atoms with Gasteiger partial charge >= 0.3 is 6.18 Å². The Balaban J connectivity index is 1.65. The zero-order valence-corrected chi connectivity index (χ0v) is 20.4. The highest BCUT2D eigenvalue weighted by molar-refractivity contribution is 7.91. The molecule has 1 saturated heterocycles. The lowest BCUT2D eigenvalue weighted by atomic mass is 9.94. The average Bonchev–Trinajstić information content (AvgIpc) is 3.36. The van der Waals surface area contributed by atoms with Gasteiger partial charge in [-0.15, -0.1) is 11.3 Å². The number of alkyl halides is 3. The minimum Gasteiger partial charge on any atom is -0.376 e. The van der Waals surface area contributed by atoms with Crippen LogP contribution in [0, 0.1) is 5.82 Å². The van der Waals surface area contributed by atoms with Crippen LogP contribution in [0.1, 0.15) is 18.1 Å². The summed E-state index contributed by atoms with van der Waals surface area (Å²) >= 11 is 1.12. The first kappa shape index (κ1) is 25.6. The number of sulfonamides is 1. The van der Waals surface area contributed by atoms with Gasteiger partial charge in [0.2, 0.25) is 0 Å². The predicted molar refractivity (Wildman–Crippen MR) is 126 cm³/mol. The highest BCUT2D eigenvalue weighted by atomic mass is 32.2. The van der Waals surface area contributed by atoms with E-state index < -0.39 is 33.7 Å². The number of benzene rings is 2. The molecule has 0 amide bonds. The molecular formula is C24H24F4N2O3S2. The van der Waals surface area contributed by atoms with E-state index in [1.165, 1.54) is 40.7 Å². The van der Waals surface area contributed by atoms with Gasteiger partial charge in [0.05, 0.1) is 0 Å². The second-order valence-electron chi connectivity index (χ2n) is 8.55. The molecule has 0 saturated carbocycles. The van der Waals surface area contributed by atoms with Crippen molar-refractivity contribution >= 4 is 27.0 Å². The Kier molecular flexibility index (Phi) is 6.98. The first-order chi connectivity index (χ1) is 16.4. The molecule has 35 heavy (non-hydrogen) atoms. The smallest absolute Gasteiger partial charge is 0.376 e. The molecule has 0 bridgehead atoms. The van der Waals surface area contributed by atoms with E-state index in [1.807, 2.05) is 4.90 Å². The van der Waals surface area contributed by atoms with Crippen molar-refractivity contribution in [2.24, 2.45) is 0 Å². The average molecular weight is 529 g/mol. The Bertz CT molecular complexity index is 1260. The SMILES string of the molecule is CC(O)(c1ccc(N2CCN(S(=O)(=O)c3cccs3)C[C@H]2Cc2ccccc2F)cc1)C(F)(F)F. The molecule has 2 heterocycles. The van der Waals surface area contributed by atoms with Gasteiger partial charge in [0.15, 0.2) is 5.60 Å². The Hall–Kier alpha value is -2.47. The minimum absolute atomic E-state index is 0.0799. The first-order valence-electron chi connectivity index (χ1n) is 10.8. The van der Waals surface area contributed by atoms with Crippen LogP contribution in [0.4, 0.5) is 23.2 Å². The monoisotopic (exact) mass is 528 g/mol. The fourth-order valence-corrected chi connectivity index (χ4v) is 6.77. The van der Waals surface area contributed by atoms with Crippen LogP contribution in [0.15, 0.2) is 70.3 Å². The summed E-state index contributed by atoms with van der Waals surface area (Å²) in [6.07, 6.45) is -4.64. The lowest BCUT2D eigenvalue weighted by molar-refractivity contribution is -0.258. The standard InChI is InChI=1S/C24H24F4N2O3S2/c1-23(31,24(26,27)28)18-8-10-19(11-9-18)30-13-12-29(35(32,33)22-7-4-14-34-22)16-20(30)15-17-5-2-3-6-21(17)25/h2-11,14,20,31H,12-13,15-16H2,1H3/t20-,23?/m1/s1. The van der Waals surface area contributed by atoms with Crippen molar-refractivity contribution in [2.45, 2.75) is 35.4 Å². The number of halogens is 4. The van der Waals surface area contributed by atoms with E-state index >= 15 is 0 Å². The van der Waals surface area contributed by atoms with Crippen molar-refractivity contribution in [1.82, 2.24) is 4.31 Å². The predicted octanol–water partition coefficient (Wildman–Crippen LogP) is 4.78. The molecule has 188 valence electrons. The maximum absolute atomic E-state index is 14.4. The van der Waals surface area contributed by atoms with Crippen LogP contribution in [-0.2, 0) is 22.0 Å². The topological polar surface area (TPSA) is 60.9 Å². The summed E-state index contributed by atoms with van der Waals surface area (Å²) < 4.78 is 81.9. The summed E-state index contributed by atoms with van der Waals surface area (Å²) in [4.78, 5) is 1.87. The Labute approximate surface area is 205 Å². The molecule has 11 heteroatoms. The van der Waals surface area contributed by atoms with Crippen LogP contribution in [0.3, 0.4) is 0 Å². The molecule has 4 rings (SSSR count). The summed E-state index contributed by atoms with van der Waals surface area (Å²) in [6, 6.07) is 14.3. The highest BCUT2D eigenvalue weighted by Crippen LogP contribution is 2.39. The third-order valence-corrected chi connectivity index (χ3v) is 9.50. The molecule has 1 aliphatic heterocycles. The number of anilines is 1. The van der Waals surface area contributed by atoms with Crippen LogP contribution in [0.25, 0.3) is 0 Å². The van der Waals surface area contributed by atoms with E-state index in [1.54, 1.807) is 29.6 Å². The van der Waals surface area contributed by atoms with Gasteiger partial charge in [-0.05, 0) is 54.1 Å². The molecular weight excluding hydrogens is 504 g/mol. The van der Waals surface area contributed by atoms with Crippen LogP contribution in [0.2, 0.25) is 0 Å². The molecule has 3 aromatic rings. The maximum Gasteiger partial charge on any atom is 0.421 e. The van der Waals surface area contributed by atoms with Crippen molar-refractivity contribution in [3.63, 3.8) is 0 Å². The number of hydrogen-bond donors (Lipinski definition) is 1. The van der Waals surface area contributed by atoms with Crippen molar-refractivity contribution in [2.75, 3.05) is 24.5 Å². The van der Waals surface area contributed by atoms with E-state index in [0.717, 1.165) is 11.3 Å². The Morgan fingerprint density at radius 1 is 1.03 bits per heavy atom. The Morgan fingerprint density at radius 2 is 1.71 bits per heavy atom. The number of hydrogen-bond acceptors (Lipinski definition) is 5. The molecule has 1 aliphatic rings. The molecule has 1 unspecified atom stereocenters. The third kappa shape index (κ3) is 5.09. The highest BCUT2D eigenvalue weighted by Gasteiger charge is 2.51. The molecule has 1 aromatic heterocycles. The second kappa shape index (κ2) is 9.53. The summed E-state index contributed by atoms with van der Waals surface area (Å²) in [5.41, 5.74) is -2.35. The quantitative estimate of drug-likeness (QED) is 0.468. The zero-order chi connectivity index (χ0) is 25.4. The van der Waals surface area contributed by atoms with Gasteiger partial charge in [-0.3, -0.25) is 0 Å². The molecule has 2 aromatic carbocycles. The number of nitrogens with zero attached hydrogens (tertiary/aromatic N) is 2. The summed E-state index contributed by atoms with van der Waals surface area (Å²) in [7, 11) is -3.73. The fraction of sp³-hybridized carbons (Fsp3) is 0.333. The number of piperazine rings is 1. The zero-order valence-electron chi connectivity index (χ0n) is 18.7. The van der Waals surface area contributed by atoms with Gasteiger partial charge < -0.3 is 10.0 Å². The van der Waals surface area contributed by atoms with Gasteiger partial charge in [0, 0.05) is 31.4 Å². The molecule has 0 aliphatic carbocycles. The number of thiophene rings is 1. The van der Waals surface area contributed by atoms with Gasteiger partial charge in [0.1, 0.15) is 10.0 Å². The van der Waals surface area contributed by atoms with Gasteiger partial charge in [-0.1, -0.05) is 36.4 Å². The van der Waals surface area contributed by atoms with Crippen molar-refractivity contribution < 1.29 is 31.1 Å². The summed E-state index contributed by atoms with van der Waals surface area (Å²) in [5.74, 6) is -0.415. The minimum atomic E-state index is -4.84. The normalized spacial score (nSPS) is 19.5. The molecule has 0 spiro atoms. The molecule has 1 N–H and O–H groups in total. The largest absolute Gasteiger partial charge is 0.421 e. The Morgan fingerprint density at radius 3 is 2.31 bits per heavy atom. The van der Waals surface area contributed by atoms with Crippen LogP contribution in [-0.4, -0.2) is 49.7 Å². The molecule has 0 radical (unpaired) electrons. The summed E-state index contributed by atoms with van der Waals surface area (Å²) in [5, 5.41) is 11.6.